The number of H-pyrrole nitrogens is 1. The fourth-order valence-electron chi connectivity index (χ4n) is 3.44. The Bertz CT molecular complexity index is 881. The van der Waals surface area contributed by atoms with Gasteiger partial charge in [0.15, 0.2) is 0 Å². The molecule has 5 N–H and O–H groups in total. The van der Waals surface area contributed by atoms with E-state index in [-0.39, 0.29) is 24.1 Å². The summed E-state index contributed by atoms with van der Waals surface area (Å²) in [7, 11) is 0. The average Bonchev–Trinajstić information content (AvgIpc) is 3.25. The molecule has 0 bridgehead atoms. The van der Waals surface area contributed by atoms with Gasteiger partial charge < -0.3 is 26.3 Å². The maximum absolute atomic E-state index is 12.3. The van der Waals surface area contributed by atoms with Crippen LogP contribution in [0.25, 0.3) is 11.0 Å². The van der Waals surface area contributed by atoms with Crippen molar-refractivity contribution < 1.29 is 22.8 Å². The second kappa shape index (κ2) is 7.56. The van der Waals surface area contributed by atoms with Crippen molar-refractivity contribution in [2.24, 2.45) is 11.7 Å². The number of urea groups is 1. The number of primary amides is 1. The van der Waals surface area contributed by atoms with Gasteiger partial charge in [0.05, 0.1) is 11.3 Å². The molecule has 3 amide bonds. The molecule has 2 atom stereocenters. The van der Waals surface area contributed by atoms with Gasteiger partial charge in [0.1, 0.15) is 12.2 Å². The molecule has 3 heterocycles. The van der Waals surface area contributed by atoms with E-state index in [0.29, 0.717) is 29.7 Å². The number of fused-ring (bicyclic) bond motifs is 1. The second-order valence-corrected chi connectivity index (χ2v) is 6.75. The summed E-state index contributed by atoms with van der Waals surface area (Å²) in [6.07, 6.45) is -0.720. The van der Waals surface area contributed by atoms with Gasteiger partial charge >= 0.3 is 12.2 Å². The third-order valence-corrected chi connectivity index (χ3v) is 4.87. The number of hydrogen-bond donors (Lipinski definition) is 4. The Morgan fingerprint density at radius 3 is 2.79 bits per heavy atom. The van der Waals surface area contributed by atoms with Crippen molar-refractivity contribution in [3.8, 4) is 0 Å². The number of rotatable bonds is 5. The van der Waals surface area contributed by atoms with Crippen LogP contribution in [0, 0.1) is 5.92 Å². The number of alkyl halides is 3. The summed E-state index contributed by atoms with van der Waals surface area (Å²) in [5.41, 5.74) is 6.74. The first-order chi connectivity index (χ1) is 13.2. The number of carbonyl (C=O) groups excluding carboxylic acids is 2. The van der Waals surface area contributed by atoms with Crippen LogP contribution in [-0.2, 0) is 0 Å². The first-order valence-electron chi connectivity index (χ1n) is 8.81. The number of halogens is 3. The van der Waals surface area contributed by atoms with Crippen LogP contribution in [0.4, 0.5) is 23.7 Å². The van der Waals surface area contributed by atoms with Crippen LogP contribution < -0.4 is 16.4 Å². The van der Waals surface area contributed by atoms with E-state index in [2.05, 4.69) is 15.3 Å². The van der Waals surface area contributed by atoms with E-state index in [4.69, 9.17) is 5.73 Å². The molecule has 11 heteroatoms. The number of pyridine rings is 1. The lowest BCUT2D eigenvalue weighted by atomic mass is 10.00. The molecule has 1 fully saturated rings. The highest BCUT2D eigenvalue weighted by Crippen LogP contribution is 2.30. The van der Waals surface area contributed by atoms with Gasteiger partial charge in [-0.15, -0.1) is 0 Å². The molecule has 2 aromatic rings. The number of carbonyl (C=O) groups is 2. The van der Waals surface area contributed by atoms with Crippen LogP contribution in [0.15, 0.2) is 18.5 Å². The van der Waals surface area contributed by atoms with Crippen LogP contribution in [-0.4, -0.2) is 58.7 Å². The maximum atomic E-state index is 12.3. The molecule has 0 saturated carbocycles. The summed E-state index contributed by atoms with van der Waals surface area (Å²) in [5, 5.41) is 5.84. The minimum atomic E-state index is -4.47. The Hall–Kier alpha value is -2.98. The van der Waals surface area contributed by atoms with Gasteiger partial charge in [-0.3, -0.25) is 4.79 Å². The Morgan fingerprint density at radius 1 is 1.39 bits per heavy atom. The Kier molecular flexibility index (Phi) is 5.34. The number of aromatic nitrogens is 2. The van der Waals surface area contributed by atoms with E-state index in [9.17, 15) is 22.8 Å². The highest BCUT2D eigenvalue weighted by atomic mass is 19.4. The van der Waals surface area contributed by atoms with Gasteiger partial charge in [-0.05, 0) is 18.4 Å². The van der Waals surface area contributed by atoms with E-state index in [1.54, 1.807) is 12.3 Å². The predicted octanol–water partition coefficient (Wildman–Crippen LogP) is 2.06. The van der Waals surface area contributed by atoms with E-state index in [0.717, 1.165) is 0 Å². The molecule has 0 unspecified atom stereocenters. The molecule has 152 valence electrons. The predicted molar refractivity (Wildman–Crippen MR) is 96.8 cm³/mol. The summed E-state index contributed by atoms with van der Waals surface area (Å²) in [5.74, 6) is -0.650. The van der Waals surface area contributed by atoms with Gasteiger partial charge in [0.25, 0.3) is 5.91 Å². The number of amides is 3. The number of aromatic amines is 1. The van der Waals surface area contributed by atoms with E-state index < -0.39 is 24.7 Å². The monoisotopic (exact) mass is 398 g/mol. The third kappa shape index (κ3) is 4.12. The van der Waals surface area contributed by atoms with Crippen molar-refractivity contribution in [3.05, 3.63) is 24.0 Å². The Morgan fingerprint density at radius 2 is 2.14 bits per heavy atom. The Balaban J connectivity index is 1.80. The number of nitrogens with zero attached hydrogens (tertiary/aromatic N) is 2. The van der Waals surface area contributed by atoms with Crippen molar-refractivity contribution in [2.75, 3.05) is 25.0 Å². The largest absolute Gasteiger partial charge is 0.405 e. The Labute approximate surface area is 158 Å². The fraction of sp³-hybridized carbons (Fsp3) is 0.471. The molecule has 28 heavy (non-hydrogen) atoms. The zero-order valence-corrected chi connectivity index (χ0v) is 15.1. The summed E-state index contributed by atoms with van der Waals surface area (Å²) in [6, 6.07) is 0.734. The molecule has 0 aromatic carbocycles. The zero-order chi connectivity index (χ0) is 20.5. The second-order valence-electron chi connectivity index (χ2n) is 6.75. The minimum absolute atomic E-state index is 0.000444. The first kappa shape index (κ1) is 19.8. The molecule has 0 spiro atoms. The highest BCUT2D eigenvalue weighted by Gasteiger charge is 2.36. The summed E-state index contributed by atoms with van der Waals surface area (Å²) < 4.78 is 37.0. The molecular formula is C17H21F3N6O2. The molecule has 1 aliphatic heterocycles. The summed E-state index contributed by atoms with van der Waals surface area (Å²) in [6.45, 7) is 1.07. The van der Waals surface area contributed by atoms with E-state index in [1.165, 1.54) is 11.1 Å². The van der Waals surface area contributed by atoms with Crippen LogP contribution in [0.2, 0.25) is 0 Å². The molecule has 1 aliphatic rings. The van der Waals surface area contributed by atoms with Gasteiger partial charge in [-0.1, -0.05) is 6.92 Å². The van der Waals surface area contributed by atoms with Gasteiger partial charge in [-0.25, -0.2) is 9.78 Å². The normalized spacial score (nSPS) is 19.8. The molecule has 2 aromatic heterocycles. The van der Waals surface area contributed by atoms with Crippen molar-refractivity contribution in [2.45, 2.75) is 25.6 Å². The van der Waals surface area contributed by atoms with Crippen molar-refractivity contribution in [3.63, 3.8) is 0 Å². The number of nitrogens with two attached hydrogens (primary N) is 1. The van der Waals surface area contributed by atoms with Crippen molar-refractivity contribution in [1.82, 2.24) is 20.2 Å². The summed E-state index contributed by atoms with van der Waals surface area (Å²) in [4.78, 5) is 32.4. The highest BCUT2D eigenvalue weighted by molar-refractivity contribution is 6.06. The lowest BCUT2D eigenvalue weighted by Gasteiger charge is -2.21. The molecule has 1 saturated heterocycles. The van der Waals surface area contributed by atoms with Crippen molar-refractivity contribution in [1.29, 1.82) is 0 Å². The van der Waals surface area contributed by atoms with Crippen LogP contribution in [0.5, 0.6) is 0 Å². The number of anilines is 1. The van der Waals surface area contributed by atoms with Gasteiger partial charge in [0, 0.05) is 36.9 Å². The smallest absolute Gasteiger partial charge is 0.379 e. The quantitative estimate of drug-likeness (QED) is 0.617. The van der Waals surface area contributed by atoms with Crippen LogP contribution in [0.1, 0.15) is 23.7 Å². The standard InChI is InChI=1S/C17H21F3N6O2/c1-2-9-6-26(16(28)24-8-17(18,19)20)7-12(9)25-13-10-3-4-22-15(10)23-5-11(13)14(21)27/h3-5,9,12H,2,6-8H2,1H3,(H2,21,27)(H,24,28)(H2,22,23,25)/t9-,12-/m0/s1. The SMILES string of the molecule is CC[C@H]1CN(C(=O)NCC(F)(F)F)C[C@@H]1Nc1c(C(N)=O)cnc2[nH]ccc12. The third-order valence-electron chi connectivity index (χ3n) is 4.87. The average molecular weight is 398 g/mol. The van der Waals surface area contributed by atoms with Crippen molar-refractivity contribution >= 4 is 28.7 Å². The number of likely N-dealkylation sites (tertiary alicyclic amines) is 1. The molecule has 0 aliphatic carbocycles. The zero-order valence-electron chi connectivity index (χ0n) is 15.1. The topological polar surface area (TPSA) is 116 Å². The van der Waals surface area contributed by atoms with Crippen LogP contribution >= 0.6 is 0 Å². The molecule has 0 radical (unpaired) electrons. The summed E-state index contributed by atoms with van der Waals surface area (Å²) >= 11 is 0. The first-order valence-corrected chi connectivity index (χ1v) is 8.81. The fourth-order valence-corrected chi connectivity index (χ4v) is 3.44. The molecule has 8 nitrogen and oxygen atoms in total. The van der Waals surface area contributed by atoms with Gasteiger partial charge in [0.2, 0.25) is 0 Å². The lowest BCUT2D eigenvalue weighted by Crippen LogP contribution is -2.43. The van der Waals surface area contributed by atoms with E-state index in [1.807, 2.05) is 12.2 Å². The lowest BCUT2D eigenvalue weighted by molar-refractivity contribution is -0.123. The number of nitrogens with one attached hydrogen (secondary N) is 3. The maximum Gasteiger partial charge on any atom is 0.405 e. The van der Waals surface area contributed by atoms with Crippen LogP contribution in [0.3, 0.4) is 0 Å². The number of hydrogen-bond acceptors (Lipinski definition) is 4. The molecular weight excluding hydrogens is 377 g/mol. The van der Waals surface area contributed by atoms with E-state index >= 15 is 0 Å². The van der Waals surface area contributed by atoms with Gasteiger partial charge in [-0.2, -0.15) is 13.2 Å². The minimum Gasteiger partial charge on any atom is -0.379 e. The molecule has 3 rings (SSSR count).